The molecule has 2 fully saturated rings. The molecule has 1 unspecified atom stereocenters. The Morgan fingerprint density at radius 3 is 2.30 bits per heavy atom. The molecular formula is C30H40N6O. The average molecular weight is 501 g/mol. The maximum Gasteiger partial charge on any atom is 0.326 e. The van der Waals surface area contributed by atoms with Crippen LogP contribution in [0.4, 0.5) is 16.2 Å². The first-order valence-electron chi connectivity index (χ1n) is 13.8. The number of benzene rings is 2. The number of para-hydroxylation sites is 1. The van der Waals surface area contributed by atoms with Gasteiger partial charge in [0.05, 0.1) is 0 Å². The van der Waals surface area contributed by atoms with E-state index in [2.05, 4.69) is 52.7 Å². The van der Waals surface area contributed by atoms with Crippen molar-refractivity contribution < 1.29 is 4.79 Å². The van der Waals surface area contributed by atoms with E-state index in [0.29, 0.717) is 30.6 Å². The van der Waals surface area contributed by atoms with Crippen LogP contribution < -0.4 is 10.2 Å². The Balaban J connectivity index is 1.23. The molecule has 37 heavy (non-hydrogen) atoms. The number of rotatable bonds is 8. The molecule has 7 nitrogen and oxygen atoms in total. The smallest absolute Gasteiger partial charge is 0.312 e. The van der Waals surface area contributed by atoms with Crippen LogP contribution in [0.15, 0.2) is 54.6 Å². The summed E-state index contributed by atoms with van der Waals surface area (Å²) >= 11 is 0. The van der Waals surface area contributed by atoms with Crippen LogP contribution in [0.2, 0.25) is 0 Å². The summed E-state index contributed by atoms with van der Waals surface area (Å²) in [7, 11) is 0. The number of nitrogens with one attached hydrogen (secondary N) is 1. The molecule has 0 aliphatic carbocycles. The number of carbonyl (C=O) groups is 1. The minimum Gasteiger partial charge on any atom is -0.312 e. The molecule has 3 heterocycles. The summed E-state index contributed by atoms with van der Waals surface area (Å²) in [6.45, 7) is 10.3. The number of aryl methyl sites for hydroxylation is 2. The molecule has 0 spiro atoms. The van der Waals surface area contributed by atoms with Crippen LogP contribution in [0.25, 0.3) is 0 Å². The van der Waals surface area contributed by atoms with Gasteiger partial charge in [0.2, 0.25) is 0 Å². The van der Waals surface area contributed by atoms with E-state index in [-0.39, 0.29) is 6.03 Å². The van der Waals surface area contributed by atoms with Crippen LogP contribution in [0.3, 0.4) is 0 Å². The number of amides is 2. The van der Waals surface area contributed by atoms with E-state index in [0.717, 1.165) is 48.8 Å². The van der Waals surface area contributed by atoms with Crippen molar-refractivity contribution in [2.75, 3.05) is 23.3 Å². The molecule has 0 radical (unpaired) electrons. The van der Waals surface area contributed by atoms with E-state index in [1.54, 1.807) is 0 Å². The molecule has 3 aromatic rings. The standard InChI is InChI=1S/C30H40N6O/c1-21(2)29-33-32-23(4)36(29)28-19-26-15-16-27(20-28)34(26)17-8-18-35(25-9-6-5-7-10-25)30(37)31-24-13-11-22(3)12-14-24/h5-7,9-14,21,26-28H,8,15-20H2,1-4H3,(H,31,37)/t26-,27+,28?. The predicted molar refractivity (Wildman–Crippen MR) is 149 cm³/mol. The van der Waals surface area contributed by atoms with E-state index < -0.39 is 0 Å². The van der Waals surface area contributed by atoms with E-state index in [9.17, 15) is 4.79 Å². The number of hydrogen-bond acceptors (Lipinski definition) is 4. The lowest BCUT2D eigenvalue weighted by Crippen LogP contribution is -2.45. The zero-order chi connectivity index (χ0) is 25.9. The Labute approximate surface area is 220 Å². The van der Waals surface area contributed by atoms with E-state index in [4.69, 9.17) is 0 Å². The topological polar surface area (TPSA) is 66.3 Å². The van der Waals surface area contributed by atoms with Gasteiger partial charge in [0.15, 0.2) is 0 Å². The summed E-state index contributed by atoms with van der Waals surface area (Å²) in [6, 6.07) is 19.5. The second-order valence-corrected chi connectivity index (χ2v) is 11.0. The highest BCUT2D eigenvalue weighted by atomic mass is 16.2. The number of hydrogen-bond donors (Lipinski definition) is 1. The second kappa shape index (κ2) is 11.1. The molecule has 2 aromatic carbocycles. The average Bonchev–Trinajstić information content (AvgIpc) is 3.39. The Morgan fingerprint density at radius 2 is 1.65 bits per heavy atom. The highest BCUT2D eigenvalue weighted by molar-refractivity contribution is 6.01. The van der Waals surface area contributed by atoms with Crippen LogP contribution in [-0.4, -0.2) is 50.9 Å². The molecular weight excluding hydrogens is 460 g/mol. The molecule has 5 rings (SSSR count). The van der Waals surface area contributed by atoms with Crippen molar-refractivity contribution in [2.45, 2.75) is 83.8 Å². The third-order valence-electron chi connectivity index (χ3n) is 8.05. The second-order valence-electron chi connectivity index (χ2n) is 11.0. The lowest BCUT2D eigenvalue weighted by atomic mass is 9.96. The largest absolute Gasteiger partial charge is 0.326 e. The molecule has 3 atom stereocenters. The first kappa shape index (κ1) is 25.5. The zero-order valence-electron chi connectivity index (χ0n) is 22.6. The summed E-state index contributed by atoms with van der Waals surface area (Å²) in [4.78, 5) is 17.9. The van der Waals surface area contributed by atoms with E-state index >= 15 is 0 Å². The van der Waals surface area contributed by atoms with Crippen molar-refractivity contribution in [1.82, 2.24) is 19.7 Å². The first-order chi connectivity index (χ1) is 17.9. The van der Waals surface area contributed by atoms with E-state index in [1.165, 1.54) is 18.4 Å². The Kier molecular flexibility index (Phi) is 7.60. The monoisotopic (exact) mass is 500 g/mol. The van der Waals surface area contributed by atoms with Crippen LogP contribution in [0, 0.1) is 13.8 Å². The maximum absolute atomic E-state index is 13.3. The number of anilines is 2. The first-order valence-corrected chi connectivity index (χ1v) is 13.8. The van der Waals surface area contributed by atoms with Crippen molar-refractivity contribution >= 4 is 17.4 Å². The van der Waals surface area contributed by atoms with Crippen molar-refractivity contribution in [3.63, 3.8) is 0 Å². The van der Waals surface area contributed by atoms with Crippen molar-refractivity contribution in [3.8, 4) is 0 Å². The quantitative estimate of drug-likeness (QED) is 0.393. The van der Waals surface area contributed by atoms with Gasteiger partial charge in [-0.25, -0.2) is 4.79 Å². The fraction of sp³-hybridized carbons (Fsp3) is 0.500. The van der Waals surface area contributed by atoms with E-state index in [1.807, 2.05) is 59.5 Å². The SMILES string of the molecule is Cc1ccc(NC(=O)N(CCCN2[C@@H]3CC[C@H]2CC(n2c(C)nnc2C(C)C)C3)c2ccccc2)cc1. The fourth-order valence-corrected chi connectivity index (χ4v) is 6.25. The molecule has 1 N–H and O–H groups in total. The van der Waals surface area contributed by atoms with Crippen molar-refractivity contribution in [3.05, 3.63) is 71.8 Å². The molecule has 2 amide bonds. The summed E-state index contributed by atoms with van der Waals surface area (Å²) in [5.41, 5.74) is 2.93. The highest BCUT2D eigenvalue weighted by Crippen LogP contribution is 2.42. The van der Waals surface area contributed by atoms with Gasteiger partial charge in [-0.1, -0.05) is 49.7 Å². The minimum atomic E-state index is -0.0824. The molecule has 0 saturated carbocycles. The van der Waals surface area contributed by atoms with Gasteiger partial charge >= 0.3 is 6.03 Å². The number of fused-ring (bicyclic) bond motifs is 2. The molecule has 2 aliphatic rings. The summed E-state index contributed by atoms with van der Waals surface area (Å²) < 4.78 is 2.42. The summed E-state index contributed by atoms with van der Waals surface area (Å²) in [5.74, 6) is 2.54. The lowest BCUT2D eigenvalue weighted by molar-refractivity contribution is 0.104. The van der Waals surface area contributed by atoms with Gasteiger partial charge in [0.25, 0.3) is 0 Å². The van der Waals surface area contributed by atoms with Crippen LogP contribution in [0.5, 0.6) is 0 Å². The number of nitrogens with zero attached hydrogens (tertiary/aromatic N) is 5. The number of urea groups is 1. The summed E-state index contributed by atoms with van der Waals surface area (Å²) in [6.07, 6.45) is 5.78. The van der Waals surface area contributed by atoms with Gasteiger partial charge in [-0.3, -0.25) is 9.80 Å². The summed E-state index contributed by atoms with van der Waals surface area (Å²) in [5, 5.41) is 12.0. The predicted octanol–water partition coefficient (Wildman–Crippen LogP) is 6.32. The van der Waals surface area contributed by atoms with Crippen LogP contribution in [0.1, 0.15) is 75.1 Å². The van der Waals surface area contributed by atoms with Crippen LogP contribution in [-0.2, 0) is 0 Å². The van der Waals surface area contributed by atoms with Gasteiger partial charge in [0.1, 0.15) is 11.6 Å². The molecule has 2 aliphatic heterocycles. The normalized spacial score (nSPS) is 21.4. The molecule has 196 valence electrons. The molecule has 1 aromatic heterocycles. The maximum atomic E-state index is 13.3. The van der Waals surface area contributed by atoms with Gasteiger partial charge < -0.3 is 9.88 Å². The lowest BCUT2D eigenvalue weighted by Gasteiger charge is -2.40. The zero-order valence-corrected chi connectivity index (χ0v) is 22.6. The van der Waals surface area contributed by atoms with Crippen molar-refractivity contribution in [2.24, 2.45) is 0 Å². The Bertz CT molecular complexity index is 1170. The molecule has 7 heteroatoms. The minimum absolute atomic E-state index is 0.0824. The third kappa shape index (κ3) is 5.57. The Hall–Kier alpha value is -3.19. The van der Waals surface area contributed by atoms with Gasteiger partial charge in [0, 0.05) is 48.5 Å². The number of carbonyl (C=O) groups excluding carboxylic acids is 1. The van der Waals surface area contributed by atoms with Crippen LogP contribution >= 0.6 is 0 Å². The highest BCUT2D eigenvalue weighted by Gasteiger charge is 2.42. The molecule has 2 bridgehead atoms. The van der Waals surface area contributed by atoms with Crippen molar-refractivity contribution in [1.29, 1.82) is 0 Å². The van der Waals surface area contributed by atoms with Gasteiger partial charge in [-0.15, -0.1) is 10.2 Å². The van der Waals surface area contributed by atoms with Gasteiger partial charge in [-0.2, -0.15) is 0 Å². The fourth-order valence-electron chi connectivity index (χ4n) is 6.25. The number of piperidine rings is 1. The number of aromatic nitrogens is 3. The molecule has 2 saturated heterocycles. The van der Waals surface area contributed by atoms with Gasteiger partial charge in [-0.05, 0) is 70.2 Å². The Morgan fingerprint density at radius 1 is 0.973 bits per heavy atom. The third-order valence-corrected chi connectivity index (χ3v) is 8.05.